The van der Waals surface area contributed by atoms with E-state index in [0.29, 0.717) is 6.04 Å². The number of aromatic nitrogens is 2. The van der Waals surface area contributed by atoms with Gasteiger partial charge >= 0.3 is 0 Å². The predicted molar refractivity (Wildman–Crippen MR) is 75.7 cm³/mol. The van der Waals surface area contributed by atoms with Crippen LogP contribution in [0.3, 0.4) is 0 Å². The molecule has 0 bridgehead atoms. The maximum atomic E-state index is 4.31. The average Bonchev–Trinajstić information content (AvgIpc) is 2.42. The molecule has 0 aliphatic heterocycles. The number of anilines is 1. The van der Waals surface area contributed by atoms with E-state index in [1.54, 1.807) is 6.33 Å². The summed E-state index contributed by atoms with van der Waals surface area (Å²) in [6.45, 7) is 4.42. The Morgan fingerprint density at radius 1 is 1.17 bits per heavy atom. The highest BCUT2D eigenvalue weighted by Gasteiger charge is 2.20. The molecule has 0 radical (unpaired) electrons. The van der Waals surface area contributed by atoms with Gasteiger partial charge in [-0.3, -0.25) is 0 Å². The van der Waals surface area contributed by atoms with E-state index in [9.17, 15) is 0 Å². The van der Waals surface area contributed by atoms with Gasteiger partial charge in [0.05, 0.1) is 0 Å². The van der Waals surface area contributed by atoms with Gasteiger partial charge in [0.25, 0.3) is 0 Å². The van der Waals surface area contributed by atoms with Gasteiger partial charge in [0, 0.05) is 17.8 Å². The zero-order chi connectivity index (χ0) is 12.8. The van der Waals surface area contributed by atoms with Crippen molar-refractivity contribution >= 4 is 5.82 Å². The van der Waals surface area contributed by atoms with E-state index in [0.717, 1.165) is 23.9 Å². The fraction of sp³-hybridized carbons (Fsp3) is 0.733. The summed E-state index contributed by atoms with van der Waals surface area (Å²) in [5, 5.41) is 3.57. The molecule has 0 aromatic carbocycles. The lowest BCUT2D eigenvalue weighted by molar-refractivity contribution is 0.318. The van der Waals surface area contributed by atoms with E-state index < -0.39 is 0 Å². The zero-order valence-electron chi connectivity index (χ0n) is 11.7. The van der Waals surface area contributed by atoms with Crippen LogP contribution in [0.15, 0.2) is 12.4 Å². The molecule has 1 aromatic rings. The fourth-order valence-corrected chi connectivity index (χ4v) is 2.88. The Labute approximate surface area is 110 Å². The van der Waals surface area contributed by atoms with Crippen LogP contribution >= 0.6 is 0 Å². The van der Waals surface area contributed by atoms with Crippen LogP contribution in [0.5, 0.6) is 0 Å². The molecule has 1 aliphatic rings. The van der Waals surface area contributed by atoms with Crippen LogP contribution in [0.1, 0.15) is 58.1 Å². The lowest BCUT2D eigenvalue weighted by Gasteiger charge is -2.29. The van der Waals surface area contributed by atoms with Crippen molar-refractivity contribution < 1.29 is 0 Å². The molecule has 0 amide bonds. The highest BCUT2D eigenvalue weighted by Crippen LogP contribution is 2.29. The quantitative estimate of drug-likeness (QED) is 0.859. The van der Waals surface area contributed by atoms with Crippen molar-refractivity contribution in [2.45, 2.75) is 64.8 Å². The SMILES string of the molecule is CCCC1CCC(Nc2cc(CC)ncn2)CC1. The molecule has 100 valence electrons. The molecule has 1 heterocycles. The van der Waals surface area contributed by atoms with E-state index >= 15 is 0 Å². The Morgan fingerprint density at radius 3 is 2.61 bits per heavy atom. The van der Waals surface area contributed by atoms with Crippen LogP contribution in [-0.2, 0) is 6.42 Å². The van der Waals surface area contributed by atoms with Gasteiger partial charge in [-0.15, -0.1) is 0 Å². The Hall–Kier alpha value is -1.12. The Kier molecular flexibility index (Phi) is 4.97. The van der Waals surface area contributed by atoms with E-state index in [1.807, 2.05) is 0 Å². The first-order valence-corrected chi connectivity index (χ1v) is 7.39. The van der Waals surface area contributed by atoms with Crippen molar-refractivity contribution in [3.8, 4) is 0 Å². The maximum Gasteiger partial charge on any atom is 0.129 e. The van der Waals surface area contributed by atoms with Gasteiger partial charge in [-0.05, 0) is 38.0 Å². The van der Waals surface area contributed by atoms with Crippen LogP contribution in [0.4, 0.5) is 5.82 Å². The number of nitrogens with one attached hydrogen (secondary N) is 1. The minimum absolute atomic E-state index is 0.609. The second kappa shape index (κ2) is 6.72. The summed E-state index contributed by atoms with van der Waals surface area (Å²) in [6, 6.07) is 2.69. The Morgan fingerprint density at radius 2 is 1.94 bits per heavy atom. The van der Waals surface area contributed by atoms with Gasteiger partial charge in [-0.1, -0.05) is 26.7 Å². The van der Waals surface area contributed by atoms with Crippen LogP contribution < -0.4 is 5.32 Å². The molecule has 0 spiro atoms. The largest absolute Gasteiger partial charge is 0.367 e. The van der Waals surface area contributed by atoms with E-state index in [4.69, 9.17) is 0 Å². The molecular weight excluding hydrogens is 222 g/mol. The molecule has 1 saturated carbocycles. The van der Waals surface area contributed by atoms with Gasteiger partial charge in [0.1, 0.15) is 12.1 Å². The van der Waals surface area contributed by atoms with E-state index in [2.05, 4.69) is 35.2 Å². The highest BCUT2D eigenvalue weighted by molar-refractivity contribution is 5.36. The van der Waals surface area contributed by atoms with Crippen LogP contribution in [-0.4, -0.2) is 16.0 Å². The van der Waals surface area contributed by atoms with Gasteiger partial charge in [-0.2, -0.15) is 0 Å². The molecule has 1 fully saturated rings. The molecule has 1 aromatic heterocycles. The molecule has 0 atom stereocenters. The molecular formula is C15H25N3. The molecule has 1 aliphatic carbocycles. The molecule has 18 heavy (non-hydrogen) atoms. The van der Waals surface area contributed by atoms with Gasteiger partial charge < -0.3 is 5.32 Å². The summed E-state index contributed by atoms with van der Waals surface area (Å²) < 4.78 is 0. The van der Waals surface area contributed by atoms with E-state index in [1.165, 1.54) is 38.5 Å². The van der Waals surface area contributed by atoms with Crippen molar-refractivity contribution in [3.05, 3.63) is 18.1 Å². The van der Waals surface area contributed by atoms with Crippen LogP contribution in [0.25, 0.3) is 0 Å². The third-order valence-corrected chi connectivity index (χ3v) is 3.98. The first kappa shape index (κ1) is 13.3. The monoisotopic (exact) mass is 247 g/mol. The van der Waals surface area contributed by atoms with Gasteiger partial charge in [0.15, 0.2) is 0 Å². The first-order chi connectivity index (χ1) is 8.81. The third kappa shape index (κ3) is 3.69. The van der Waals surface area contributed by atoms with Crippen molar-refractivity contribution in [1.82, 2.24) is 9.97 Å². The van der Waals surface area contributed by atoms with Crippen molar-refractivity contribution in [2.24, 2.45) is 5.92 Å². The standard InChI is InChI=1S/C15H25N3/c1-3-5-12-6-8-14(9-7-12)18-15-10-13(4-2)16-11-17-15/h10-12,14H,3-9H2,1-2H3,(H,16,17,18). The lowest BCUT2D eigenvalue weighted by Crippen LogP contribution is -2.26. The van der Waals surface area contributed by atoms with E-state index in [-0.39, 0.29) is 0 Å². The van der Waals surface area contributed by atoms with Crippen molar-refractivity contribution in [1.29, 1.82) is 0 Å². The van der Waals surface area contributed by atoms with Crippen LogP contribution in [0, 0.1) is 5.92 Å². The van der Waals surface area contributed by atoms with Gasteiger partial charge in [-0.25, -0.2) is 9.97 Å². The molecule has 0 unspecified atom stereocenters. The minimum Gasteiger partial charge on any atom is -0.367 e. The summed E-state index contributed by atoms with van der Waals surface area (Å²) in [4.78, 5) is 8.55. The van der Waals surface area contributed by atoms with Gasteiger partial charge in [0.2, 0.25) is 0 Å². The summed E-state index contributed by atoms with van der Waals surface area (Å²) in [5.41, 5.74) is 1.12. The normalized spacial score (nSPS) is 23.9. The number of hydrogen-bond donors (Lipinski definition) is 1. The number of rotatable bonds is 5. The molecule has 2 rings (SSSR count). The second-order valence-corrected chi connectivity index (χ2v) is 5.40. The number of aryl methyl sites for hydroxylation is 1. The lowest BCUT2D eigenvalue weighted by atomic mass is 9.83. The molecule has 3 heteroatoms. The Balaban J connectivity index is 1.83. The summed E-state index contributed by atoms with van der Waals surface area (Å²) >= 11 is 0. The number of nitrogens with zero attached hydrogens (tertiary/aromatic N) is 2. The molecule has 0 saturated heterocycles. The minimum atomic E-state index is 0.609. The number of hydrogen-bond acceptors (Lipinski definition) is 3. The summed E-state index contributed by atoms with van der Waals surface area (Å²) in [5.74, 6) is 1.96. The highest BCUT2D eigenvalue weighted by atomic mass is 15.0. The van der Waals surface area contributed by atoms with Crippen LogP contribution in [0.2, 0.25) is 0 Å². The average molecular weight is 247 g/mol. The fourth-order valence-electron chi connectivity index (χ4n) is 2.88. The predicted octanol–water partition coefficient (Wildman–Crippen LogP) is 3.81. The Bertz CT molecular complexity index is 357. The second-order valence-electron chi connectivity index (χ2n) is 5.40. The van der Waals surface area contributed by atoms with Crippen molar-refractivity contribution in [3.63, 3.8) is 0 Å². The van der Waals surface area contributed by atoms with Crippen molar-refractivity contribution in [2.75, 3.05) is 5.32 Å². The smallest absolute Gasteiger partial charge is 0.129 e. The third-order valence-electron chi connectivity index (χ3n) is 3.98. The maximum absolute atomic E-state index is 4.31. The summed E-state index contributed by atoms with van der Waals surface area (Å²) in [7, 11) is 0. The summed E-state index contributed by atoms with van der Waals surface area (Å²) in [6.07, 6.45) is 10.7. The molecule has 1 N–H and O–H groups in total. The first-order valence-electron chi connectivity index (χ1n) is 7.39. The topological polar surface area (TPSA) is 37.8 Å². The molecule has 3 nitrogen and oxygen atoms in total. The zero-order valence-corrected chi connectivity index (χ0v) is 11.7.